The first-order valence-electron chi connectivity index (χ1n) is 18.6. The number of imide groups is 1. The molecular formula is C41H45N7O8. The molecule has 1 aromatic heterocycles. The number of Topliss-reactive ketones (excluding diaryl/α,β-unsaturated/α-hetero) is 2. The molecule has 0 unspecified atom stereocenters. The summed E-state index contributed by atoms with van der Waals surface area (Å²) in [5.74, 6) is -1.13. The van der Waals surface area contributed by atoms with Crippen LogP contribution in [0.2, 0.25) is 0 Å². The fourth-order valence-corrected chi connectivity index (χ4v) is 8.20. The van der Waals surface area contributed by atoms with Crippen LogP contribution in [-0.2, 0) is 32.6 Å². The first-order valence-corrected chi connectivity index (χ1v) is 18.6. The number of ketones is 2. The standard InChI is InChI=1S/C41H45N7O8/c1-23-38-28(20-45-47(38)3)29(22-46(23)2)24-15-32(55-4)26(33(16-24)56-5)9-7-12-35(51)42-13-8-14-43-36(52)21-44-30-11-6-10-27-37(30)40(54)48(39(27)53)41-18-25(19-41)31(49)17-34(41)50/h6,10-11,15-16,20,22,25,44H,1,7-9,12-14,17-19,21H2,2-5H3,(H,42,51)(H,43,52). The molecule has 2 aromatic carbocycles. The molecule has 0 spiro atoms. The third-order valence-electron chi connectivity index (χ3n) is 11.3. The third-order valence-corrected chi connectivity index (χ3v) is 11.3. The van der Waals surface area contributed by atoms with Crippen molar-refractivity contribution in [2.24, 2.45) is 13.0 Å². The van der Waals surface area contributed by atoms with Gasteiger partial charge in [-0.3, -0.25) is 38.3 Å². The molecule has 4 amide bonds. The molecule has 3 aromatic rings. The molecule has 2 bridgehead atoms. The number of fused-ring (bicyclic) bond motifs is 4. The van der Waals surface area contributed by atoms with Gasteiger partial charge in [0.15, 0.2) is 5.78 Å². The van der Waals surface area contributed by atoms with E-state index >= 15 is 0 Å². The largest absolute Gasteiger partial charge is 0.496 e. The van der Waals surface area contributed by atoms with E-state index in [9.17, 15) is 28.8 Å². The van der Waals surface area contributed by atoms with Gasteiger partial charge in [-0.15, -0.1) is 0 Å². The second-order valence-electron chi connectivity index (χ2n) is 14.6. The molecule has 3 fully saturated rings. The highest BCUT2D eigenvalue weighted by atomic mass is 16.5. The number of amides is 4. The lowest BCUT2D eigenvalue weighted by atomic mass is 9.57. The summed E-state index contributed by atoms with van der Waals surface area (Å²) in [6.45, 7) is 4.72. The molecule has 3 heterocycles. The van der Waals surface area contributed by atoms with Crippen LogP contribution in [0.3, 0.4) is 0 Å². The topological polar surface area (TPSA) is 181 Å². The number of hydrogen-bond acceptors (Lipinski definition) is 11. The first-order chi connectivity index (χ1) is 26.9. The highest BCUT2D eigenvalue weighted by molar-refractivity contribution is 6.27. The van der Waals surface area contributed by atoms with Crippen molar-refractivity contribution in [1.29, 1.82) is 0 Å². The van der Waals surface area contributed by atoms with Crippen molar-refractivity contribution in [3.05, 3.63) is 82.8 Å². The van der Waals surface area contributed by atoms with Crippen LogP contribution in [0.5, 0.6) is 11.5 Å². The van der Waals surface area contributed by atoms with Crippen molar-refractivity contribution in [2.45, 2.75) is 50.5 Å². The Morgan fingerprint density at radius 1 is 0.946 bits per heavy atom. The number of rotatable bonds is 15. The molecule has 292 valence electrons. The summed E-state index contributed by atoms with van der Waals surface area (Å²) in [6, 6.07) is 8.68. The molecule has 2 aliphatic heterocycles. The zero-order chi connectivity index (χ0) is 39.9. The second-order valence-corrected chi connectivity index (χ2v) is 14.6. The Balaban J connectivity index is 0.852. The number of benzene rings is 2. The van der Waals surface area contributed by atoms with Gasteiger partial charge in [-0.05, 0) is 61.9 Å². The number of nitrogens with one attached hydrogen (secondary N) is 3. The molecule has 56 heavy (non-hydrogen) atoms. The first kappa shape index (κ1) is 38.0. The average molecular weight is 764 g/mol. The Morgan fingerprint density at radius 3 is 2.32 bits per heavy atom. The normalized spacial score (nSPS) is 19.6. The van der Waals surface area contributed by atoms with Gasteiger partial charge >= 0.3 is 0 Å². The van der Waals surface area contributed by atoms with Gasteiger partial charge in [0.1, 0.15) is 22.8 Å². The van der Waals surface area contributed by atoms with E-state index in [-0.39, 0.29) is 66.9 Å². The Morgan fingerprint density at radius 2 is 1.64 bits per heavy atom. The maximum Gasteiger partial charge on any atom is 0.264 e. The molecule has 15 nitrogen and oxygen atoms in total. The van der Waals surface area contributed by atoms with Gasteiger partial charge in [-0.2, -0.15) is 5.10 Å². The van der Waals surface area contributed by atoms with Gasteiger partial charge in [0.25, 0.3) is 11.8 Å². The maximum atomic E-state index is 13.5. The summed E-state index contributed by atoms with van der Waals surface area (Å²) in [5.41, 5.74) is 4.80. The number of hydrogen-bond donors (Lipinski definition) is 3. The number of carbonyl (C=O) groups is 6. The van der Waals surface area contributed by atoms with Crippen molar-refractivity contribution in [1.82, 2.24) is 30.2 Å². The number of methoxy groups -OCH3 is 2. The zero-order valence-electron chi connectivity index (χ0n) is 32.0. The van der Waals surface area contributed by atoms with Gasteiger partial charge in [0, 0.05) is 68.1 Å². The lowest BCUT2D eigenvalue weighted by Gasteiger charge is -2.53. The molecule has 5 aliphatic rings. The van der Waals surface area contributed by atoms with E-state index in [2.05, 4.69) is 27.6 Å². The highest BCUT2D eigenvalue weighted by Crippen LogP contribution is 2.51. The Hall–Kier alpha value is -6.25. The smallest absolute Gasteiger partial charge is 0.264 e. The minimum Gasteiger partial charge on any atom is -0.496 e. The molecular weight excluding hydrogens is 718 g/mol. The Kier molecular flexibility index (Phi) is 10.3. The number of anilines is 1. The van der Waals surface area contributed by atoms with E-state index in [4.69, 9.17) is 9.47 Å². The predicted molar refractivity (Wildman–Crippen MR) is 206 cm³/mol. The van der Waals surface area contributed by atoms with Crippen LogP contribution in [0.4, 0.5) is 5.69 Å². The van der Waals surface area contributed by atoms with E-state index in [0.717, 1.165) is 38.6 Å². The molecule has 3 N–H and O–H groups in total. The van der Waals surface area contributed by atoms with Gasteiger partial charge in [0.05, 0.1) is 55.9 Å². The van der Waals surface area contributed by atoms with Gasteiger partial charge in [-0.25, -0.2) is 0 Å². The van der Waals surface area contributed by atoms with Crippen molar-refractivity contribution in [3.8, 4) is 11.5 Å². The van der Waals surface area contributed by atoms with Crippen molar-refractivity contribution >= 4 is 52.2 Å². The van der Waals surface area contributed by atoms with Crippen LogP contribution >= 0.6 is 0 Å². The predicted octanol–water partition coefficient (Wildman–Crippen LogP) is 3.09. The SMILES string of the molecule is C=C1c2c(cnn2C)C(c2cc(OC)c(CCCC(=O)NCCCNC(=O)CNc3cccc4c3C(=O)N(C35CC(C3)C(=O)CC5=O)C4=O)c(OC)c2)=CN1C. The molecule has 8 rings (SSSR count). The molecule has 0 radical (unpaired) electrons. The quantitative estimate of drug-likeness (QED) is 0.118. The average Bonchev–Trinajstić information content (AvgIpc) is 3.67. The summed E-state index contributed by atoms with van der Waals surface area (Å²) >= 11 is 0. The van der Waals surface area contributed by atoms with E-state index in [0.29, 0.717) is 49.5 Å². The highest BCUT2D eigenvalue weighted by Gasteiger charge is 2.64. The van der Waals surface area contributed by atoms with E-state index in [1.807, 2.05) is 48.2 Å². The van der Waals surface area contributed by atoms with Crippen LogP contribution in [0.25, 0.3) is 11.3 Å². The molecule has 0 atom stereocenters. The van der Waals surface area contributed by atoms with Crippen LogP contribution in [0, 0.1) is 5.92 Å². The summed E-state index contributed by atoms with van der Waals surface area (Å²) in [5, 5.41) is 13.1. The second kappa shape index (κ2) is 15.1. The van der Waals surface area contributed by atoms with Crippen LogP contribution in [0.15, 0.2) is 49.3 Å². The van der Waals surface area contributed by atoms with Crippen molar-refractivity contribution in [2.75, 3.05) is 46.2 Å². The summed E-state index contributed by atoms with van der Waals surface area (Å²) in [4.78, 5) is 80.0. The molecule has 3 saturated carbocycles. The van der Waals surface area contributed by atoms with Crippen molar-refractivity contribution in [3.63, 3.8) is 0 Å². The number of aromatic nitrogens is 2. The summed E-state index contributed by atoms with van der Waals surface area (Å²) in [6.07, 6.45) is 5.82. The lowest BCUT2D eigenvalue weighted by Crippen LogP contribution is -2.68. The van der Waals surface area contributed by atoms with Gasteiger partial charge in [-0.1, -0.05) is 12.6 Å². The number of ether oxygens (including phenoxy) is 2. The van der Waals surface area contributed by atoms with E-state index in [1.165, 1.54) is 6.07 Å². The van der Waals surface area contributed by atoms with E-state index < -0.39 is 23.1 Å². The minimum absolute atomic E-state index is 0.114. The summed E-state index contributed by atoms with van der Waals surface area (Å²) < 4.78 is 13.4. The monoisotopic (exact) mass is 763 g/mol. The Labute approximate surface area is 324 Å². The third kappa shape index (κ3) is 6.60. The fourth-order valence-electron chi connectivity index (χ4n) is 8.20. The number of carbonyl (C=O) groups excluding carboxylic acids is 6. The fraction of sp³-hybridized carbons (Fsp3) is 0.390. The molecule has 15 heteroatoms. The number of nitrogens with zero attached hydrogens (tertiary/aromatic N) is 4. The Bertz CT molecular complexity index is 2190. The van der Waals surface area contributed by atoms with Crippen LogP contribution in [-0.4, -0.2) is 101 Å². The zero-order valence-corrected chi connectivity index (χ0v) is 32.0. The van der Waals surface area contributed by atoms with E-state index in [1.54, 1.807) is 26.4 Å². The van der Waals surface area contributed by atoms with Crippen LogP contribution < -0.4 is 25.4 Å². The molecule has 3 aliphatic carbocycles. The lowest BCUT2D eigenvalue weighted by molar-refractivity contribution is -0.153. The van der Waals surface area contributed by atoms with Gasteiger partial charge < -0.3 is 30.3 Å². The van der Waals surface area contributed by atoms with Crippen molar-refractivity contribution < 1.29 is 38.2 Å². The minimum atomic E-state index is -1.27. The van der Waals surface area contributed by atoms with Gasteiger partial charge in [0.2, 0.25) is 11.8 Å². The van der Waals surface area contributed by atoms with Crippen LogP contribution in [0.1, 0.15) is 81.6 Å². The number of aryl methyl sites for hydroxylation is 1. The maximum absolute atomic E-state index is 13.5. The summed E-state index contributed by atoms with van der Waals surface area (Å²) in [7, 11) is 7.06. The molecule has 0 saturated heterocycles.